The third-order valence-corrected chi connectivity index (χ3v) is 4.38. The predicted octanol–water partition coefficient (Wildman–Crippen LogP) is 4.34. The van der Waals surface area contributed by atoms with Crippen molar-refractivity contribution in [2.75, 3.05) is 13.1 Å². The maximum Gasteiger partial charge on any atom is 0.320 e. The van der Waals surface area contributed by atoms with E-state index in [4.69, 9.17) is 5.11 Å². The highest BCUT2D eigenvalue weighted by Crippen LogP contribution is 2.13. The zero-order valence-corrected chi connectivity index (χ0v) is 15.7. The zero-order valence-electron chi connectivity index (χ0n) is 15.7. The van der Waals surface area contributed by atoms with E-state index in [1.165, 1.54) is 44.9 Å². The molecule has 0 aliphatic heterocycles. The number of carboxylic acids is 1. The highest BCUT2D eigenvalue weighted by atomic mass is 16.4. The molecule has 0 fully saturated rings. The van der Waals surface area contributed by atoms with Crippen LogP contribution in [0.2, 0.25) is 0 Å². The summed E-state index contributed by atoms with van der Waals surface area (Å²) in [5.41, 5.74) is 0. The van der Waals surface area contributed by atoms with Crippen LogP contribution in [0.3, 0.4) is 0 Å². The minimum Gasteiger partial charge on any atom is -0.480 e. The van der Waals surface area contributed by atoms with Crippen LogP contribution < -0.4 is 10.6 Å². The van der Waals surface area contributed by atoms with Crippen LogP contribution in [0.25, 0.3) is 0 Å². The van der Waals surface area contributed by atoms with E-state index in [0.29, 0.717) is 6.04 Å². The quantitative estimate of drug-likeness (QED) is 0.348. The van der Waals surface area contributed by atoms with Crippen LogP contribution in [-0.2, 0) is 4.79 Å². The molecule has 0 radical (unpaired) electrons. The lowest BCUT2D eigenvalue weighted by molar-refractivity contribution is -0.139. The van der Waals surface area contributed by atoms with Gasteiger partial charge in [0.1, 0.15) is 6.04 Å². The van der Waals surface area contributed by atoms with E-state index in [2.05, 4.69) is 31.4 Å². The number of carbonyl (C=O) groups is 1. The molecule has 4 nitrogen and oxygen atoms in total. The molecule has 0 aromatic carbocycles. The Morgan fingerprint density at radius 2 is 1.43 bits per heavy atom. The van der Waals surface area contributed by atoms with Crippen LogP contribution in [0.1, 0.15) is 91.4 Å². The van der Waals surface area contributed by atoms with Crippen LogP contribution in [-0.4, -0.2) is 36.2 Å². The molecule has 0 amide bonds. The summed E-state index contributed by atoms with van der Waals surface area (Å²) in [6, 6.07) is 0.330. The van der Waals surface area contributed by atoms with E-state index in [1.54, 1.807) is 0 Å². The Hall–Kier alpha value is -0.610. The molecule has 0 saturated heterocycles. The second-order valence-electron chi connectivity index (χ2n) is 6.59. The van der Waals surface area contributed by atoms with E-state index in [0.717, 1.165) is 38.8 Å². The molecule has 2 unspecified atom stereocenters. The summed E-state index contributed by atoms with van der Waals surface area (Å²) >= 11 is 0. The summed E-state index contributed by atoms with van der Waals surface area (Å²) in [4.78, 5) is 11.1. The monoisotopic (exact) mass is 328 g/mol. The Bertz CT molecular complexity index is 272. The molecule has 0 heterocycles. The Balaban J connectivity index is 3.64. The van der Waals surface area contributed by atoms with Crippen LogP contribution in [0.5, 0.6) is 0 Å². The van der Waals surface area contributed by atoms with Gasteiger partial charge in [0.15, 0.2) is 0 Å². The Labute approximate surface area is 143 Å². The lowest BCUT2D eigenvalue weighted by atomic mass is 10.0. The first-order valence-electron chi connectivity index (χ1n) is 9.85. The number of carboxylic acid groups (broad SMARTS) is 1. The van der Waals surface area contributed by atoms with Crippen molar-refractivity contribution in [2.24, 2.45) is 0 Å². The zero-order chi connectivity index (χ0) is 17.3. The molecule has 0 saturated carbocycles. The summed E-state index contributed by atoms with van der Waals surface area (Å²) in [5.74, 6) is -0.706. The third kappa shape index (κ3) is 13.5. The fourth-order valence-electron chi connectivity index (χ4n) is 2.99. The van der Waals surface area contributed by atoms with Gasteiger partial charge in [0.25, 0.3) is 0 Å². The van der Waals surface area contributed by atoms with Gasteiger partial charge in [-0.1, -0.05) is 65.7 Å². The number of unbranched alkanes of at least 4 members (excludes halogenated alkanes) is 5. The maximum atomic E-state index is 11.1. The average molecular weight is 329 g/mol. The molecule has 3 N–H and O–H groups in total. The van der Waals surface area contributed by atoms with Crippen LogP contribution in [0.15, 0.2) is 0 Å². The lowest BCUT2D eigenvalue weighted by Gasteiger charge is -2.17. The number of aliphatic carboxylic acids is 1. The lowest BCUT2D eigenvalue weighted by Crippen LogP contribution is -2.36. The fourth-order valence-corrected chi connectivity index (χ4v) is 2.99. The van der Waals surface area contributed by atoms with E-state index < -0.39 is 5.97 Å². The van der Waals surface area contributed by atoms with Gasteiger partial charge < -0.3 is 15.7 Å². The summed E-state index contributed by atoms with van der Waals surface area (Å²) in [7, 11) is 0. The SMILES string of the molecule is CCCCC(CCCCCCCC(NCCC)C(=O)O)NCC. The van der Waals surface area contributed by atoms with Gasteiger partial charge in [0.05, 0.1) is 0 Å². The topological polar surface area (TPSA) is 61.4 Å². The molecule has 0 spiro atoms. The van der Waals surface area contributed by atoms with Crippen molar-refractivity contribution in [3.05, 3.63) is 0 Å². The van der Waals surface area contributed by atoms with Gasteiger partial charge in [-0.15, -0.1) is 0 Å². The first-order chi connectivity index (χ1) is 11.2. The second-order valence-corrected chi connectivity index (χ2v) is 6.59. The van der Waals surface area contributed by atoms with E-state index in [-0.39, 0.29) is 6.04 Å². The van der Waals surface area contributed by atoms with Gasteiger partial charge in [0.2, 0.25) is 0 Å². The average Bonchev–Trinajstić information content (AvgIpc) is 2.53. The van der Waals surface area contributed by atoms with E-state index >= 15 is 0 Å². The second kappa shape index (κ2) is 16.3. The molecule has 0 aromatic rings. The van der Waals surface area contributed by atoms with Crippen LogP contribution in [0.4, 0.5) is 0 Å². The van der Waals surface area contributed by atoms with Gasteiger partial charge in [0, 0.05) is 6.04 Å². The highest BCUT2D eigenvalue weighted by Gasteiger charge is 2.15. The molecule has 0 aliphatic rings. The van der Waals surface area contributed by atoms with Crippen molar-refractivity contribution < 1.29 is 9.90 Å². The van der Waals surface area contributed by atoms with Crippen LogP contribution >= 0.6 is 0 Å². The maximum absolute atomic E-state index is 11.1. The number of rotatable bonds is 17. The largest absolute Gasteiger partial charge is 0.480 e. The van der Waals surface area contributed by atoms with Crippen molar-refractivity contribution in [1.29, 1.82) is 0 Å². The fraction of sp³-hybridized carbons (Fsp3) is 0.947. The molecule has 0 aliphatic carbocycles. The minimum atomic E-state index is -0.706. The number of hydrogen-bond donors (Lipinski definition) is 3. The van der Waals surface area contributed by atoms with Crippen molar-refractivity contribution in [1.82, 2.24) is 10.6 Å². The van der Waals surface area contributed by atoms with Gasteiger partial charge in [-0.25, -0.2) is 0 Å². The third-order valence-electron chi connectivity index (χ3n) is 4.38. The summed E-state index contributed by atoms with van der Waals surface area (Å²) < 4.78 is 0. The van der Waals surface area contributed by atoms with Crippen molar-refractivity contribution in [2.45, 2.75) is 103 Å². The van der Waals surface area contributed by atoms with Gasteiger partial charge >= 0.3 is 5.97 Å². The Morgan fingerprint density at radius 1 is 0.826 bits per heavy atom. The molecular weight excluding hydrogens is 288 g/mol. The Morgan fingerprint density at radius 3 is 2.00 bits per heavy atom. The van der Waals surface area contributed by atoms with Gasteiger partial charge in [-0.3, -0.25) is 4.79 Å². The molecule has 4 heteroatoms. The van der Waals surface area contributed by atoms with E-state index in [1.807, 2.05) is 0 Å². The van der Waals surface area contributed by atoms with Crippen molar-refractivity contribution in [3.63, 3.8) is 0 Å². The van der Waals surface area contributed by atoms with Crippen LogP contribution in [0, 0.1) is 0 Å². The first-order valence-corrected chi connectivity index (χ1v) is 9.85. The summed E-state index contributed by atoms with van der Waals surface area (Å²) in [6.45, 7) is 8.36. The predicted molar refractivity (Wildman–Crippen MR) is 99.0 cm³/mol. The molecule has 0 bridgehead atoms. The standard InChI is InChI=1S/C19H40N2O2/c1-4-7-13-17(20-6-3)14-11-9-8-10-12-15-18(19(22)23)21-16-5-2/h17-18,20-21H,4-16H2,1-3H3,(H,22,23). The normalized spacial score (nSPS) is 13.9. The summed E-state index contributed by atoms with van der Waals surface area (Å²) in [6.07, 6.45) is 12.9. The van der Waals surface area contributed by atoms with Crippen molar-refractivity contribution in [3.8, 4) is 0 Å². The van der Waals surface area contributed by atoms with Gasteiger partial charge in [-0.2, -0.15) is 0 Å². The molecule has 138 valence electrons. The highest BCUT2D eigenvalue weighted by molar-refractivity contribution is 5.73. The number of hydrogen-bond acceptors (Lipinski definition) is 3. The first kappa shape index (κ1) is 22.4. The van der Waals surface area contributed by atoms with Gasteiger partial charge in [-0.05, 0) is 38.8 Å². The molecule has 23 heavy (non-hydrogen) atoms. The molecule has 0 aromatic heterocycles. The van der Waals surface area contributed by atoms with E-state index in [9.17, 15) is 4.79 Å². The summed E-state index contributed by atoms with van der Waals surface area (Å²) in [5, 5.41) is 15.9. The molecular formula is C19H40N2O2. The molecule has 2 atom stereocenters. The molecule has 0 rings (SSSR count). The minimum absolute atomic E-state index is 0.359. The number of nitrogens with one attached hydrogen (secondary N) is 2. The van der Waals surface area contributed by atoms with Crippen molar-refractivity contribution >= 4 is 5.97 Å². The smallest absolute Gasteiger partial charge is 0.320 e. The Kier molecular flexibility index (Phi) is 15.8.